The maximum Gasteiger partial charge on any atom is 0.306 e. The lowest BCUT2D eigenvalue weighted by Crippen LogP contribution is -2.30. The molecule has 418 valence electrons. The number of carbonyl (C=O) groups is 3. The number of esters is 3. The second-order valence-corrected chi connectivity index (χ2v) is 19.5. The predicted octanol–water partition coefficient (Wildman–Crippen LogP) is 20.6. The van der Waals surface area contributed by atoms with Crippen molar-refractivity contribution in [3.05, 3.63) is 134 Å². The van der Waals surface area contributed by atoms with E-state index < -0.39 is 6.10 Å². The molecule has 0 fully saturated rings. The molecule has 0 aromatic rings. The van der Waals surface area contributed by atoms with Crippen LogP contribution in [0.15, 0.2) is 134 Å². The highest BCUT2D eigenvalue weighted by Gasteiger charge is 2.19. The van der Waals surface area contributed by atoms with Gasteiger partial charge in [-0.1, -0.05) is 238 Å². The quantitative estimate of drug-likeness (QED) is 0.0261. The lowest BCUT2D eigenvalue weighted by atomic mass is 10.1. The molecular formula is C68H110O6. The minimum atomic E-state index is -0.806. The zero-order valence-corrected chi connectivity index (χ0v) is 47.8. The molecule has 0 N–H and O–H groups in total. The fraction of sp³-hybridized carbons (Fsp3) is 0.632. The second-order valence-electron chi connectivity index (χ2n) is 19.5. The molecule has 74 heavy (non-hydrogen) atoms. The van der Waals surface area contributed by atoms with Crippen molar-refractivity contribution < 1.29 is 28.6 Å². The molecule has 6 nitrogen and oxygen atoms in total. The first-order chi connectivity index (χ1) is 36.5. The fourth-order valence-electron chi connectivity index (χ4n) is 7.90. The van der Waals surface area contributed by atoms with Crippen molar-refractivity contribution in [3.8, 4) is 0 Å². The number of unbranched alkanes of at least 4 members (excludes halogenated alkanes) is 20. The van der Waals surface area contributed by atoms with Crippen LogP contribution in [0.25, 0.3) is 0 Å². The Morgan fingerprint density at radius 3 is 0.838 bits per heavy atom. The number of ether oxygens (including phenoxy) is 3. The van der Waals surface area contributed by atoms with Gasteiger partial charge in [-0.25, -0.2) is 0 Å². The van der Waals surface area contributed by atoms with E-state index in [1.165, 1.54) is 64.2 Å². The van der Waals surface area contributed by atoms with Crippen LogP contribution in [0.4, 0.5) is 0 Å². The van der Waals surface area contributed by atoms with E-state index in [1.807, 2.05) is 0 Å². The van der Waals surface area contributed by atoms with E-state index in [0.717, 1.165) is 154 Å². The minimum absolute atomic E-state index is 0.102. The predicted molar refractivity (Wildman–Crippen MR) is 320 cm³/mol. The van der Waals surface area contributed by atoms with Gasteiger partial charge in [-0.05, 0) is 135 Å². The van der Waals surface area contributed by atoms with Crippen LogP contribution < -0.4 is 0 Å². The number of carbonyl (C=O) groups excluding carboxylic acids is 3. The SMILES string of the molecule is CC/C=C\C/C=C\C/C=C\C/C=C\C/C=C\C/C=C\CCCCCCCCCCC(=O)OCC(COC(=O)CCCCC/C=C\C/C=C\C/C=C\CC)OC(=O)CCCCCCC/C=C\C/C=C\CCCCCC. The molecule has 6 heteroatoms. The van der Waals surface area contributed by atoms with Crippen molar-refractivity contribution in [2.75, 3.05) is 13.2 Å². The van der Waals surface area contributed by atoms with Crippen LogP contribution in [-0.2, 0) is 28.6 Å². The minimum Gasteiger partial charge on any atom is -0.462 e. The van der Waals surface area contributed by atoms with Crippen molar-refractivity contribution >= 4 is 17.9 Å². The summed E-state index contributed by atoms with van der Waals surface area (Å²) in [4.78, 5) is 38.2. The Morgan fingerprint density at radius 2 is 0.527 bits per heavy atom. The van der Waals surface area contributed by atoms with Gasteiger partial charge in [-0.15, -0.1) is 0 Å². The molecular weight excluding hydrogens is 913 g/mol. The Bertz CT molecular complexity index is 1600. The van der Waals surface area contributed by atoms with E-state index in [1.54, 1.807) is 0 Å². The summed E-state index contributed by atoms with van der Waals surface area (Å²) >= 11 is 0. The lowest BCUT2D eigenvalue weighted by molar-refractivity contribution is -0.167. The Morgan fingerprint density at radius 1 is 0.284 bits per heavy atom. The van der Waals surface area contributed by atoms with Crippen LogP contribution in [0.5, 0.6) is 0 Å². The summed E-state index contributed by atoms with van der Waals surface area (Å²) in [5.41, 5.74) is 0. The Hall–Kier alpha value is -4.45. The number of rotatable bonds is 53. The molecule has 1 atom stereocenters. The van der Waals surface area contributed by atoms with Gasteiger partial charge in [0.2, 0.25) is 0 Å². The van der Waals surface area contributed by atoms with E-state index in [2.05, 4.69) is 154 Å². The smallest absolute Gasteiger partial charge is 0.306 e. The maximum absolute atomic E-state index is 12.9. The molecule has 0 radical (unpaired) electrons. The van der Waals surface area contributed by atoms with E-state index in [4.69, 9.17) is 14.2 Å². The highest BCUT2D eigenvalue weighted by atomic mass is 16.6. The molecule has 0 aromatic heterocycles. The average Bonchev–Trinajstić information content (AvgIpc) is 3.40. The van der Waals surface area contributed by atoms with Crippen LogP contribution in [0.2, 0.25) is 0 Å². The normalized spacial score (nSPS) is 13.1. The van der Waals surface area contributed by atoms with Crippen molar-refractivity contribution in [2.45, 2.75) is 264 Å². The lowest BCUT2D eigenvalue weighted by Gasteiger charge is -2.18. The summed E-state index contributed by atoms with van der Waals surface area (Å²) in [7, 11) is 0. The van der Waals surface area contributed by atoms with Gasteiger partial charge in [-0.3, -0.25) is 14.4 Å². The zero-order valence-electron chi connectivity index (χ0n) is 47.8. The van der Waals surface area contributed by atoms with Crippen molar-refractivity contribution in [2.24, 2.45) is 0 Å². The van der Waals surface area contributed by atoms with Crippen molar-refractivity contribution in [3.63, 3.8) is 0 Å². The third-order valence-corrected chi connectivity index (χ3v) is 12.4. The van der Waals surface area contributed by atoms with Gasteiger partial charge in [-0.2, -0.15) is 0 Å². The molecule has 0 saturated carbocycles. The Kier molecular flexibility index (Phi) is 57.4. The number of allylic oxidation sites excluding steroid dienone is 22. The molecule has 0 rings (SSSR count). The highest BCUT2D eigenvalue weighted by molar-refractivity contribution is 5.71. The van der Waals surface area contributed by atoms with Gasteiger partial charge >= 0.3 is 17.9 Å². The maximum atomic E-state index is 12.9. The van der Waals surface area contributed by atoms with Crippen LogP contribution in [0.3, 0.4) is 0 Å². The topological polar surface area (TPSA) is 78.9 Å². The van der Waals surface area contributed by atoms with Gasteiger partial charge in [0.05, 0.1) is 0 Å². The average molecular weight is 1020 g/mol. The van der Waals surface area contributed by atoms with Crippen LogP contribution in [0, 0.1) is 0 Å². The molecule has 0 aromatic carbocycles. The largest absolute Gasteiger partial charge is 0.462 e. The van der Waals surface area contributed by atoms with Crippen molar-refractivity contribution in [1.82, 2.24) is 0 Å². The summed E-state index contributed by atoms with van der Waals surface area (Å²) in [6.45, 7) is 6.35. The van der Waals surface area contributed by atoms with E-state index >= 15 is 0 Å². The van der Waals surface area contributed by atoms with E-state index in [0.29, 0.717) is 19.3 Å². The summed E-state index contributed by atoms with van der Waals surface area (Å²) in [5, 5.41) is 0. The molecule has 0 aliphatic heterocycles. The van der Waals surface area contributed by atoms with E-state index in [-0.39, 0.29) is 31.1 Å². The third kappa shape index (κ3) is 58.4. The van der Waals surface area contributed by atoms with Gasteiger partial charge < -0.3 is 14.2 Å². The van der Waals surface area contributed by atoms with Gasteiger partial charge in [0, 0.05) is 19.3 Å². The zero-order chi connectivity index (χ0) is 53.6. The highest BCUT2D eigenvalue weighted by Crippen LogP contribution is 2.14. The monoisotopic (exact) mass is 1020 g/mol. The van der Waals surface area contributed by atoms with Crippen LogP contribution >= 0.6 is 0 Å². The molecule has 0 aliphatic carbocycles. The van der Waals surface area contributed by atoms with Crippen LogP contribution in [-0.4, -0.2) is 37.2 Å². The first-order valence-corrected chi connectivity index (χ1v) is 30.2. The number of hydrogen-bond acceptors (Lipinski definition) is 6. The first kappa shape index (κ1) is 69.5. The molecule has 0 aliphatic rings. The molecule has 0 spiro atoms. The molecule has 0 saturated heterocycles. The van der Waals surface area contributed by atoms with Gasteiger partial charge in [0.15, 0.2) is 6.10 Å². The fourth-order valence-corrected chi connectivity index (χ4v) is 7.90. The summed E-state index contributed by atoms with van der Waals surface area (Å²) in [6.07, 6.45) is 85.9. The molecule has 0 amide bonds. The summed E-state index contributed by atoms with van der Waals surface area (Å²) < 4.78 is 16.8. The molecule has 1 unspecified atom stereocenters. The van der Waals surface area contributed by atoms with Crippen LogP contribution in [0.1, 0.15) is 258 Å². The summed E-state index contributed by atoms with van der Waals surface area (Å²) in [6, 6.07) is 0. The Labute approximate surface area is 455 Å². The van der Waals surface area contributed by atoms with Crippen molar-refractivity contribution in [1.29, 1.82) is 0 Å². The third-order valence-electron chi connectivity index (χ3n) is 12.4. The molecule has 0 bridgehead atoms. The Balaban J connectivity index is 4.38. The first-order valence-electron chi connectivity index (χ1n) is 30.2. The van der Waals surface area contributed by atoms with E-state index in [9.17, 15) is 14.4 Å². The number of hydrogen-bond donors (Lipinski definition) is 0. The second kappa shape index (κ2) is 61.1. The standard InChI is InChI=1S/C68H110O6/c1-4-7-10-13-16-19-22-25-27-29-30-31-32-33-34-35-36-37-38-39-41-43-46-49-52-55-58-61-67(70)73-64-65(63-72-66(69)60-57-54-51-48-45-42-24-21-18-15-12-9-6-3)74-68(71)62-59-56-53-50-47-44-40-28-26-23-20-17-14-11-8-5-2/h7,9-10,12,16,18-21,23,25,27-28,30-31,33-34,36-37,40,42,45,65H,4-6,8,11,13-15,17,22,24,26,29,32,35,38-39,41,43-44,46-64H2,1-3H3/b10-7-,12-9-,19-16-,21-18-,23-20-,27-25-,31-30-,34-33-,37-36-,40-28-,45-42-. The molecule has 0 heterocycles. The summed E-state index contributed by atoms with van der Waals surface area (Å²) in [5.74, 6) is -0.955. The van der Waals surface area contributed by atoms with Gasteiger partial charge in [0.1, 0.15) is 13.2 Å². The van der Waals surface area contributed by atoms with Gasteiger partial charge in [0.25, 0.3) is 0 Å².